The number of aromatic amines is 1. The summed E-state index contributed by atoms with van der Waals surface area (Å²) < 4.78 is 0. The van der Waals surface area contributed by atoms with Gasteiger partial charge in [0.1, 0.15) is 12.1 Å². The zero-order chi connectivity index (χ0) is 18.1. The highest BCUT2D eigenvalue weighted by Crippen LogP contribution is 2.27. The first kappa shape index (κ1) is 16.3. The third-order valence-corrected chi connectivity index (χ3v) is 4.54. The molecule has 4 rings (SSSR count). The number of nitrogens with one attached hydrogen (secondary N) is 2. The predicted molar refractivity (Wildman–Crippen MR) is 108 cm³/mol. The van der Waals surface area contributed by atoms with Gasteiger partial charge in [-0.3, -0.25) is 0 Å². The Morgan fingerprint density at radius 2 is 1.69 bits per heavy atom. The molecule has 0 aliphatic heterocycles. The molecule has 0 aliphatic rings. The van der Waals surface area contributed by atoms with Crippen LogP contribution in [0, 0.1) is 0 Å². The van der Waals surface area contributed by atoms with Gasteiger partial charge in [-0.2, -0.15) is 0 Å². The van der Waals surface area contributed by atoms with Gasteiger partial charge in [0.05, 0.1) is 5.69 Å². The molecule has 0 saturated carbocycles. The summed E-state index contributed by atoms with van der Waals surface area (Å²) in [6, 6.07) is 18.8. The summed E-state index contributed by atoms with van der Waals surface area (Å²) in [6.07, 6.45) is 3.54. The second kappa shape index (κ2) is 6.30. The number of fused-ring (bicyclic) bond motifs is 1. The number of aromatic nitrogens is 3. The quantitative estimate of drug-likeness (QED) is 0.504. The summed E-state index contributed by atoms with van der Waals surface area (Å²) in [5, 5.41) is 4.54. The van der Waals surface area contributed by atoms with Gasteiger partial charge in [0.15, 0.2) is 0 Å². The first-order chi connectivity index (χ1) is 12.5. The van der Waals surface area contributed by atoms with Crippen molar-refractivity contribution in [2.45, 2.75) is 26.2 Å². The van der Waals surface area contributed by atoms with Gasteiger partial charge >= 0.3 is 0 Å². The minimum Gasteiger partial charge on any atom is -0.361 e. The second-order valence-corrected chi connectivity index (χ2v) is 7.52. The van der Waals surface area contributed by atoms with E-state index in [1.54, 1.807) is 6.33 Å². The van der Waals surface area contributed by atoms with Crippen molar-refractivity contribution >= 4 is 22.4 Å². The van der Waals surface area contributed by atoms with Gasteiger partial charge in [-0.25, -0.2) is 9.97 Å². The number of hydrogen-bond acceptors (Lipinski definition) is 3. The van der Waals surface area contributed by atoms with E-state index in [1.807, 2.05) is 18.3 Å². The molecule has 4 nitrogen and oxygen atoms in total. The molecule has 0 aliphatic carbocycles. The Labute approximate surface area is 153 Å². The van der Waals surface area contributed by atoms with Gasteiger partial charge in [0.2, 0.25) is 0 Å². The highest BCUT2D eigenvalue weighted by Gasteiger charge is 2.13. The standard InChI is InChI=1S/C22H22N4/c1-22(2,3)17-6-4-15(5-7-17)20-13-21(25-14-24-20)26-18-8-9-19-16(12-18)10-11-23-19/h4-14,23H,1-3H3,(H,24,25,26). The lowest BCUT2D eigenvalue weighted by molar-refractivity contribution is 0.590. The normalized spacial score (nSPS) is 11.7. The molecule has 4 aromatic rings. The minimum atomic E-state index is 0.147. The van der Waals surface area contributed by atoms with E-state index in [2.05, 4.69) is 83.5 Å². The van der Waals surface area contributed by atoms with Crippen molar-refractivity contribution in [3.05, 3.63) is 72.7 Å². The van der Waals surface area contributed by atoms with Gasteiger partial charge in [-0.15, -0.1) is 0 Å². The van der Waals surface area contributed by atoms with Gasteiger partial charge in [-0.1, -0.05) is 45.0 Å². The molecule has 0 unspecified atom stereocenters. The van der Waals surface area contributed by atoms with Crippen LogP contribution in [0.15, 0.2) is 67.1 Å². The molecule has 0 atom stereocenters. The van der Waals surface area contributed by atoms with Crippen LogP contribution in [0.4, 0.5) is 11.5 Å². The third kappa shape index (κ3) is 3.31. The highest BCUT2D eigenvalue weighted by atomic mass is 15.0. The Kier molecular flexibility index (Phi) is 3.96. The first-order valence-corrected chi connectivity index (χ1v) is 8.76. The van der Waals surface area contributed by atoms with Crippen molar-refractivity contribution in [2.24, 2.45) is 0 Å². The molecule has 130 valence electrons. The molecule has 26 heavy (non-hydrogen) atoms. The average Bonchev–Trinajstić information content (AvgIpc) is 3.09. The van der Waals surface area contributed by atoms with Crippen molar-refractivity contribution in [2.75, 3.05) is 5.32 Å². The van der Waals surface area contributed by atoms with Crippen LogP contribution in [0.2, 0.25) is 0 Å². The summed E-state index contributed by atoms with van der Waals surface area (Å²) in [5.74, 6) is 0.782. The van der Waals surface area contributed by atoms with Gasteiger partial charge < -0.3 is 10.3 Å². The molecule has 0 spiro atoms. The molecule has 2 aromatic carbocycles. The Morgan fingerprint density at radius 3 is 2.46 bits per heavy atom. The Hall–Kier alpha value is -3.14. The average molecular weight is 342 g/mol. The predicted octanol–water partition coefficient (Wildman–Crippen LogP) is 5.67. The monoisotopic (exact) mass is 342 g/mol. The number of H-pyrrole nitrogens is 1. The smallest absolute Gasteiger partial charge is 0.134 e. The van der Waals surface area contributed by atoms with Crippen LogP contribution in [-0.4, -0.2) is 15.0 Å². The fourth-order valence-corrected chi connectivity index (χ4v) is 3.00. The topological polar surface area (TPSA) is 53.6 Å². The SMILES string of the molecule is CC(C)(C)c1ccc(-c2cc(Nc3ccc4[nH]ccc4c3)ncn2)cc1. The van der Waals surface area contributed by atoms with Crippen molar-refractivity contribution < 1.29 is 0 Å². The van der Waals surface area contributed by atoms with Crippen LogP contribution in [0.5, 0.6) is 0 Å². The molecule has 2 N–H and O–H groups in total. The van der Waals surface area contributed by atoms with Crippen molar-refractivity contribution in [3.8, 4) is 11.3 Å². The fourth-order valence-electron chi connectivity index (χ4n) is 3.00. The number of nitrogens with zero attached hydrogens (tertiary/aromatic N) is 2. The minimum absolute atomic E-state index is 0.147. The first-order valence-electron chi connectivity index (χ1n) is 8.76. The molecule has 0 bridgehead atoms. The van der Waals surface area contributed by atoms with Crippen molar-refractivity contribution in [1.82, 2.24) is 15.0 Å². The van der Waals surface area contributed by atoms with E-state index in [9.17, 15) is 0 Å². The maximum atomic E-state index is 4.43. The maximum Gasteiger partial charge on any atom is 0.134 e. The summed E-state index contributed by atoms with van der Waals surface area (Å²) in [7, 11) is 0. The Bertz CT molecular complexity index is 1040. The van der Waals surface area contributed by atoms with Crippen LogP contribution >= 0.6 is 0 Å². The summed E-state index contributed by atoms with van der Waals surface area (Å²) in [4.78, 5) is 12.0. The molecule has 0 amide bonds. The molecule has 0 radical (unpaired) electrons. The molecule has 4 heteroatoms. The lowest BCUT2D eigenvalue weighted by Crippen LogP contribution is -2.10. The second-order valence-electron chi connectivity index (χ2n) is 7.52. The van der Waals surface area contributed by atoms with E-state index in [0.717, 1.165) is 28.3 Å². The van der Waals surface area contributed by atoms with Crippen LogP contribution in [0.1, 0.15) is 26.3 Å². The Balaban J connectivity index is 1.60. The van der Waals surface area contributed by atoms with E-state index in [-0.39, 0.29) is 5.41 Å². The summed E-state index contributed by atoms with van der Waals surface area (Å²) >= 11 is 0. The number of rotatable bonds is 3. The van der Waals surface area contributed by atoms with Crippen LogP contribution in [0.25, 0.3) is 22.2 Å². The van der Waals surface area contributed by atoms with Gasteiger partial charge in [-0.05, 0) is 35.2 Å². The number of hydrogen-bond donors (Lipinski definition) is 2. The molecular formula is C22H22N4. The lowest BCUT2D eigenvalue weighted by Gasteiger charge is -2.19. The summed E-state index contributed by atoms with van der Waals surface area (Å²) in [5.41, 5.74) is 5.58. The van der Waals surface area contributed by atoms with E-state index in [0.29, 0.717) is 0 Å². The van der Waals surface area contributed by atoms with E-state index < -0.39 is 0 Å². The molecular weight excluding hydrogens is 320 g/mol. The summed E-state index contributed by atoms with van der Waals surface area (Å²) in [6.45, 7) is 6.65. The zero-order valence-electron chi connectivity index (χ0n) is 15.2. The zero-order valence-corrected chi connectivity index (χ0v) is 15.2. The number of benzene rings is 2. The molecule has 0 saturated heterocycles. The van der Waals surface area contributed by atoms with Crippen molar-refractivity contribution in [3.63, 3.8) is 0 Å². The van der Waals surface area contributed by atoms with Crippen LogP contribution < -0.4 is 5.32 Å². The molecule has 0 fully saturated rings. The molecule has 2 aromatic heterocycles. The van der Waals surface area contributed by atoms with Crippen LogP contribution in [-0.2, 0) is 5.41 Å². The van der Waals surface area contributed by atoms with Gasteiger partial charge in [0.25, 0.3) is 0 Å². The highest BCUT2D eigenvalue weighted by molar-refractivity contribution is 5.84. The molecule has 2 heterocycles. The third-order valence-electron chi connectivity index (χ3n) is 4.54. The maximum absolute atomic E-state index is 4.43. The van der Waals surface area contributed by atoms with E-state index in [1.165, 1.54) is 10.9 Å². The lowest BCUT2D eigenvalue weighted by atomic mass is 9.86. The van der Waals surface area contributed by atoms with Crippen LogP contribution in [0.3, 0.4) is 0 Å². The van der Waals surface area contributed by atoms with E-state index in [4.69, 9.17) is 0 Å². The van der Waals surface area contributed by atoms with E-state index >= 15 is 0 Å². The number of anilines is 2. The van der Waals surface area contributed by atoms with Crippen molar-refractivity contribution in [1.29, 1.82) is 0 Å². The largest absolute Gasteiger partial charge is 0.361 e. The van der Waals surface area contributed by atoms with Gasteiger partial charge in [0, 0.05) is 34.4 Å². The fraction of sp³-hybridized carbons (Fsp3) is 0.182. The Morgan fingerprint density at radius 1 is 0.885 bits per heavy atom.